The number of aliphatic hydroxyl groups is 1. The Balaban J connectivity index is 1.29. The van der Waals surface area contributed by atoms with Gasteiger partial charge in [0.1, 0.15) is 11.6 Å². The molecule has 6 rings (SSSR count). The second-order valence-corrected chi connectivity index (χ2v) is 11.8. The van der Waals surface area contributed by atoms with Crippen LogP contribution in [0.2, 0.25) is 0 Å². The molecule has 1 spiro atoms. The lowest BCUT2D eigenvalue weighted by Crippen LogP contribution is -2.53. The summed E-state index contributed by atoms with van der Waals surface area (Å²) in [4.78, 5) is 43.6. The van der Waals surface area contributed by atoms with Crippen LogP contribution in [-0.4, -0.2) is 58.1 Å². The van der Waals surface area contributed by atoms with Crippen molar-refractivity contribution in [3.05, 3.63) is 78.4 Å². The second-order valence-electron chi connectivity index (χ2n) is 11.8. The molecule has 3 fully saturated rings. The molecule has 2 bridgehead atoms. The van der Waals surface area contributed by atoms with Crippen LogP contribution in [0.3, 0.4) is 0 Å². The van der Waals surface area contributed by atoms with E-state index in [4.69, 9.17) is 4.74 Å². The van der Waals surface area contributed by atoms with Crippen LogP contribution in [0.5, 0.6) is 0 Å². The first-order valence-electron chi connectivity index (χ1n) is 14.6. The highest BCUT2D eigenvalue weighted by molar-refractivity contribution is 6.04. The van der Waals surface area contributed by atoms with Crippen LogP contribution >= 0.6 is 0 Å². The SMILES string of the molecule is C[C@]12CCC3(O1)C(C(=O)Nc1ccc4ccccc4c1)N(CCCCCO)C(=O)[C@@H]3[C@H]2C(=O)NCc1ccccc1. The first-order chi connectivity index (χ1) is 19.9. The van der Waals surface area contributed by atoms with Gasteiger partial charge < -0.3 is 25.4 Å². The van der Waals surface area contributed by atoms with E-state index in [0.717, 1.165) is 22.8 Å². The lowest BCUT2D eigenvalue weighted by atomic mass is 9.66. The maximum Gasteiger partial charge on any atom is 0.250 e. The number of likely N-dealkylation sites (tertiary alicyclic amines) is 1. The number of benzene rings is 3. The monoisotopic (exact) mass is 555 g/mol. The molecule has 8 nitrogen and oxygen atoms in total. The lowest BCUT2D eigenvalue weighted by molar-refractivity contribution is -0.144. The zero-order chi connectivity index (χ0) is 28.6. The van der Waals surface area contributed by atoms with Gasteiger partial charge in [0.05, 0.1) is 17.4 Å². The fraction of sp³-hybridized carbons (Fsp3) is 0.424. The van der Waals surface area contributed by atoms with Crippen molar-refractivity contribution in [2.24, 2.45) is 11.8 Å². The van der Waals surface area contributed by atoms with E-state index in [9.17, 15) is 19.5 Å². The van der Waals surface area contributed by atoms with Gasteiger partial charge in [0, 0.05) is 25.4 Å². The number of carbonyl (C=O) groups excluding carboxylic acids is 3. The van der Waals surface area contributed by atoms with E-state index in [0.29, 0.717) is 44.5 Å². The zero-order valence-corrected chi connectivity index (χ0v) is 23.3. The summed E-state index contributed by atoms with van der Waals surface area (Å²) in [5.74, 6) is -2.14. The Morgan fingerprint density at radius 1 is 0.951 bits per heavy atom. The van der Waals surface area contributed by atoms with Crippen LogP contribution in [0.25, 0.3) is 10.8 Å². The van der Waals surface area contributed by atoms with Gasteiger partial charge in [-0.25, -0.2) is 0 Å². The third kappa shape index (κ3) is 4.79. The number of unbranched alkanes of at least 4 members (excludes halogenated alkanes) is 2. The van der Waals surface area contributed by atoms with Gasteiger partial charge in [0.25, 0.3) is 0 Å². The standard InChI is InChI=1S/C33H37N3O5/c1-32-16-17-33(41-32)27(26(32)29(38)34-21-22-10-4-2-5-11-22)31(40)36(18-8-3-9-19-37)28(33)30(39)35-25-15-14-23-12-6-7-13-24(23)20-25/h2,4-7,10-15,20,26-28,37H,3,8-9,16-19,21H2,1H3,(H,34,38)(H,35,39)/t26-,27-,28?,32+,33?/m0/s1. The Bertz CT molecular complexity index is 1460. The molecule has 3 aromatic carbocycles. The summed E-state index contributed by atoms with van der Waals surface area (Å²) in [5.41, 5.74) is -0.276. The van der Waals surface area contributed by atoms with Crippen LogP contribution < -0.4 is 10.6 Å². The van der Waals surface area contributed by atoms with Gasteiger partial charge in [-0.05, 0) is 67.5 Å². The molecule has 0 aliphatic carbocycles. The van der Waals surface area contributed by atoms with E-state index in [1.807, 2.05) is 79.7 Å². The summed E-state index contributed by atoms with van der Waals surface area (Å²) in [6.07, 6.45) is 3.14. The molecule has 0 radical (unpaired) electrons. The van der Waals surface area contributed by atoms with E-state index >= 15 is 0 Å². The molecular weight excluding hydrogens is 518 g/mol. The molecule has 3 aliphatic rings. The summed E-state index contributed by atoms with van der Waals surface area (Å²) < 4.78 is 6.70. The van der Waals surface area contributed by atoms with Gasteiger partial charge >= 0.3 is 0 Å². The van der Waals surface area contributed by atoms with Crippen molar-refractivity contribution in [1.82, 2.24) is 10.2 Å². The molecule has 0 saturated carbocycles. The van der Waals surface area contributed by atoms with Gasteiger partial charge in [0.15, 0.2) is 0 Å². The average molecular weight is 556 g/mol. The highest BCUT2D eigenvalue weighted by Crippen LogP contribution is 2.63. The Kier molecular flexibility index (Phi) is 7.30. The third-order valence-electron chi connectivity index (χ3n) is 9.19. The number of rotatable bonds is 10. The van der Waals surface area contributed by atoms with Gasteiger partial charge in [-0.1, -0.05) is 60.7 Å². The number of hydrogen-bond donors (Lipinski definition) is 3. The first-order valence-corrected chi connectivity index (χ1v) is 14.6. The summed E-state index contributed by atoms with van der Waals surface area (Å²) in [6.45, 7) is 2.71. The molecular formula is C33H37N3O5. The van der Waals surface area contributed by atoms with Gasteiger partial charge in [0.2, 0.25) is 17.7 Å². The van der Waals surface area contributed by atoms with Crippen molar-refractivity contribution >= 4 is 34.2 Å². The average Bonchev–Trinajstić information content (AvgIpc) is 3.55. The molecule has 3 amide bonds. The zero-order valence-electron chi connectivity index (χ0n) is 23.3. The number of fused-ring (bicyclic) bond motifs is 2. The molecule has 3 aromatic rings. The summed E-state index contributed by atoms with van der Waals surface area (Å²) in [7, 11) is 0. The number of carbonyl (C=O) groups is 3. The van der Waals surface area contributed by atoms with E-state index in [1.165, 1.54) is 0 Å². The number of nitrogens with zero attached hydrogens (tertiary/aromatic N) is 1. The summed E-state index contributed by atoms with van der Waals surface area (Å²) in [5, 5.41) is 17.4. The highest BCUT2D eigenvalue weighted by atomic mass is 16.5. The van der Waals surface area contributed by atoms with Gasteiger partial charge in [-0.3, -0.25) is 14.4 Å². The van der Waals surface area contributed by atoms with Crippen LogP contribution in [-0.2, 0) is 25.7 Å². The van der Waals surface area contributed by atoms with Crippen molar-refractivity contribution in [2.75, 3.05) is 18.5 Å². The Hall–Kier alpha value is -3.75. The Labute approximate surface area is 240 Å². The number of nitrogens with one attached hydrogen (secondary N) is 2. The predicted molar refractivity (Wildman–Crippen MR) is 156 cm³/mol. The summed E-state index contributed by atoms with van der Waals surface area (Å²) in [6, 6.07) is 22.5. The number of anilines is 1. The minimum atomic E-state index is -1.07. The van der Waals surface area contributed by atoms with Crippen LogP contribution in [0.4, 0.5) is 5.69 Å². The molecule has 214 valence electrons. The third-order valence-corrected chi connectivity index (χ3v) is 9.19. The van der Waals surface area contributed by atoms with Crippen molar-refractivity contribution < 1.29 is 24.2 Å². The molecule has 8 heteroatoms. The second kappa shape index (κ2) is 10.9. The molecule has 5 atom stereocenters. The maximum atomic E-state index is 14.1. The van der Waals surface area contributed by atoms with Crippen molar-refractivity contribution in [3.8, 4) is 0 Å². The molecule has 2 unspecified atom stereocenters. The van der Waals surface area contributed by atoms with Crippen molar-refractivity contribution in [3.63, 3.8) is 0 Å². The van der Waals surface area contributed by atoms with Crippen molar-refractivity contribution in [2.45, 2.75) is 62.8 Å². The predicted octanol–water partition coefficient (Wildman–Crippen LogP) is 4.02. The molecule has 3 saturated heterocycles. The molecule has 3 N–H and O–H groups in total. The normalized spacial score (nSPS) is 28.2. The number of ether oxygens (including phenoxy) is 1. The quantitative estimate of drug-likeness (QED) is 0.328. The van der Waals surface area contributed by atoms with E-state index in [2.05, 4.69) is 10.6 Å². The first kappa shape index (κ1) is 27.4. The highest BCUT2D eigenvalue weighted by Gasteiger charge is 2.77. The summed E-state index contributed by atoms with van der Waals surface area (Å²) >= 11 is 0. The number of aliphatic hydroxyl groups excluding tert-OH is 1. The van der Waals surface area contributed by atoms with Crippen molar-refractivity contribution in [1.29, 1.82) is 0 Å². The van der Waals surface area contributed by atoms with Gasteiger partial charge in [-0.15, -0.1) is 0 Å². The smallest absolute Gasteiger partial charge is 0.250 e. The van der Waals surface area contributed by atoms with Gasteiger partial charge in [-0.2, -0.15) is 0 Å². The van der Waals surface area contributed by atoms with Crippen LogP contribution in [0.1, 0.15) is 44.6 Å². The molecule has 3 heterocycles. The Morgan fingerprint density at radius 2 is 1.71 bits per heavy atom. The minimum absolute atomic E-state index is 0.0809. The number of hydrogen-bond acceptors (Lipinski definition) is 5. The Morgan fingerprint density at radius 3 is 2.49 bits per heavy atom. The maximum absolute atomic E-state index is 14.1. The van der Waals surface area contributed by atoms with Crippen LogP contribution in [0, 0.1) is 11.8 Å². The molecule has 3 aliphatic heterocycles. The van der Waals surface area contributed by atoms with E-state index in [1.54, 1.807) is 4.90 Å². The number of amides is 3. The fourth-order valence-electron chi connectivity index (χ4n) is 7.31. The largest absolute Gasteiger partial charge is 0.396 e. The van der Waals surface area contributed by atoms with E-state index < -0.39 is 29.1 Å². The molecule has 0 aromatic heterocycles. The fourth-order valence-corrected chi connectivity index (χ4v) is 7.31. The minimum Gasteiger partial charge on any atom is -0.396 e. The lowest BCUT2D eigenvalue weighted by Gasteiger charge is -2.33. The van der Waals surface area contributed by atoms with Crippen LogP contribution in [0.15, 0.2) is 72.8 Å². The topological polar surface area (TPSA) is 108 Å². The molecule has 41 heavy (non-hydrogen) atoms. The van der Waals surface area contributed by atoms with E-state index in [-0.39, 0.29) is 24.3 Å².